The van der Waals surface area contributed by atoms with E-state index in [4.69, 9.17) is 0 Å². The van der Waals surface area contributed by atoms with E-state index in [2.05, 4.69) is 6.92 Å². The Hall–Kier alpha value is -0.610. The third-order valence-electron chi connectivity index (χ3n) is 9.04. The molecule has 4 fully saturated rings. The second-order valence-corrected chi connectivity index (χ2v) is 9.67. The molecule has 0 aromatic heterocycles. The van der Waals surface area contributed by atoms with Crippen LogP contribution in [0, 0.1) is 40.4 Å². The Balaban J connectivity index is 1.66. The molecule has 0 aliphatic heterocycles. The molecule has 0 heterocycles. The number of carbonyl (C=O) groups is 1. The molecule has 0 bridgehead atoms. The standard InChI is InChI=1S/C20H32O4/c1-19-8-7-12(21)9-11(19)3-4-13-14-5-6-15(18(23)24)20(14,2)17(22)10-16(13)19/h11-17,21-22H,3-10H2,1-2H3,(H,23,24)/t11-,12+,13+,14+,15-,16+,17+,19-,20-/m0/s1. The Morgan fingerprint density at radius 2 is 1.71 bits per heavy atom. The van der Waals surface area contributed by atoms with Crippen molar-refractivity contribution in [2.75, 3.05) is 0 Å². The smallest absolute Gasteiger partial charge is 0.307 e. The normalized spacial score (nSPS) is 56.9. The lowest BCUT2D eigenvalue weighted by atomic mass is 9.44. The molecule has 4 aliphatic carbocycles. The summed E-state index contributed by atoms with van der Waals surface area (Å²) in [7, 11) is 0. The van der Waals surface area contributed by atoms with Crippen molar-refractivity contribution in [3.05, 3.63) is 0 Å². The van der Waals surface area contributed by atoms with Crippen LogP contribution in [-0.4, -0.2) is 33.5 Å². The highest BCUT2D eigenvalue weighted by atomic mass is 16.4. The van der Waals surface area contributed by atoms with E-state index < -0.39 is 23.4 Å². The van der Waals surface area contributed by atoms with Gasteiger partial charge in [0, 0.05) is 5.41 Å². The highest BCUT2D eigenvalue weighted by Crippen LogP contribution is 2.67. The van der Waals surface area contributed by atoms with E-state index in [0.717, 1.165) is 51.4 Å². The van der Waals surface area contributed by atoms with Gasteiger partial charge in [0.15, 0.2) is 0 Å². The summed E-state index contributed by atoms with van der Waals surface area (Å²) in [6.45, 7) is 4.43. The first-order valence-electron chi connectivity index (χ1n) is 9.87. The average molecular weight is 336 g/mol. The molecular formula is C20H32O4. The molecule has 0 radical (unpaired) electrons. The van der Waals surface area contributed by atoms with Crippen molar-refractivity contribution in [2.45, 2.75) is 77.4 Å². The van der Waals surface area contributed by atoms with Gasteiger partial charge in [0.05, 0.1) is 18.1 Å². The van der Waals surface area contributed by atoms with Crippen LogP contribution in [0.5, 0.6) is 0 Å². The van der Waals surface area contributed by atoms with Crippen LogP contribution in [0.15, 0.2) is 0 Å². The number of hydrogen-bond donors (Lipinski definition) is 3. The zero-order valence-electron chi connectivity index (χ0n) is 14.9. The fourth-order valence-electron chi connectivity index (χ4n) is 7.61. The highest BCUT2D eigenvalue weighted by Gasteiger charge is 2.64. The number of hydrogen-bond acceptors (Lipinski definition) is 3. The highest BCUT2D eigenvalue weighted by molar-refractivity contribution is 5.71. The van der Waals surface area contributed by atoms with Gasteiger partial charge in [-0.1, -0.05) is 13.8 Å². The molecule has 136 valence electrons. The summed E-state index contributed by atoms with van der Waals surface area (Å²) in [6, 6.07) is 0. The van der Waals surface area contributed by atoms with Crippen LogP contribution in [0.3, 0.4) is 0 Å². The lowest BCUT2D eigenvalue weighted by Crippen LogP contribution is -2.59. The van der Waals surface area contributed by atoms with Gasteiger partial charge in [0.2, 0.25) is 0 Å². The number of rotatable bonds is 1. The molecule has 3 N–H and O–H groups in total. The van der Waals surface area contributed by atoms with Gasteiger partial charge in [0.1, 0.15) is 0 Å². The third kappa shape index (κ3) is 2.08. The van der Waals surface area contributed by atoms with Gasteiger partial charge in [-0.25, -0.2) is 0 Å². The minimum absolute atomic E-state index is 0.152. The fourth-order valence-corrected chi connectivity index (χ4v) is 7.61. The molecule has 9 atom stereocenters. The summed E-state index contributed by atoms with van der Waals surface area (Å²) in [5, 5.41) is 30.8. The summed E-state index contributed by atoms with van der Waals surface area (Å²) >= 11 is 0. The molecule has 4 nitrogen and oxygen atoms in total. The van der Waals surface area contributed by atoms with E-state index in [-0.39, 0.29) is 11.5 Å². The van der Waals surface area contributed by atoms with Crippen molar-refractivity contribution in [2.24, 2.45) is 40.4 Å². The van der Waals surface area contributed by atoms with Crippen LogP contribution in [0.2, 0.25) is 0 Å². The molecule has 0 amide bonds. The molecule has 0 aromatic carbocycles. The van der Waals surface area contributed by atoms with Crippen LogP contribution in [0.4, 0.5) is 0 Å². The Labute approximate surface area is 144 Å². The molecule has 0 unspecified atom stereocenters. The van der Waals surface area contributed by atoms with E-state index in [1.165, 1.54) is 0 Å². The monoisotopic (exact) mass is 336 g/mol. The molecule has 24 heavy (non-hydrogen) atoms. The maximum Gasteiger partial charge on any atom is 0.307 e. The number of carboxylic acid groups (broad SMARTS) is 1. The third-order valence-corrected chi connectivity index (χ3v) is 9.04. The van der Waals surface area contributed by atoms with Crippen LogP contribution < -0.4 is 0 Å². The topological polar surface area (TPSA) is 77.8 Å². The fraction of sp³-hybridized carbons (Fsp3) is 0.950. The second kappa shape index (κ2) is 5.44. The van der Waals surface area contributed by atoms with E-state index in [9.17, 15) is 20.1 Å². The number of carboxylic acids is 1. The van der Waals surface area contributed by atoms with Crippen LogP contribution in [-0.2, 0) is 4.79 Å². The van der Waals surface area contributed by atoms with Gasteiger partial charge < -0.3 is 15.3 Å². The van der Waals surface area contributed by atoms with Crippen molar-refractivity contribution in [1.82, 2.24) is 0 Å². The van der Waals surface area contributed by atoms with Crippen LogP contribution in [0.1, 0.15) is 65.2 Å². The van der Waals surface area contributed by atoms with Gasteiger partial charge in [-0.3, -0.25) is 4.79 Å². The Kier molecular flexibility index (Phi) is 3.82. The summed E-state index contributed by atoms with van der Waals surface area (Å²) in [5.41, 5.74) is -0.240. The van der Waals surface area contributed by atoms with Crippen LogP contribution >= 0.6 is 0 Å². The predicted molar refractivity (Wildman–Crippen MR) is 90.2 cm³/mol. The van der Waals surface area contributed by atoms with E-state index in [1.54, 1.807) is 0 Å². The summed E-state index contributed by atoms with van der Waals surface area (Å²) < 4.78 is 0. The molecule has 4 aliphatic rings. The second-order valence-electron chi connectivity index (χ2n) is 9.67. The first-order chi connectivity index (χ1) is 11.3. The van der Waals surface area contributed by atoms with Crippen molar-refractivity contribution >= 4 is 5.97 Å². The lowest BCUT2D eigenvalue weighted by Gasteiger charge is -2.61. The number of aliphatic hydroxyl groups excluding tert-OH is 2. The van der Waals surface area contributed by atoms with Crippen LogP contribution in [0.25, 0.3) is 0 Å². The molecule has 0 aromatic rings. The zero-order chi connectivity index (χ0) is 17.3. The van der Waals surface area contributed by atoms with E-state index >= 15 is 0 Å². The quantitative estimate of drug-likeness (QED) is 0.688. The van der Waals surface area contributed by atoms with Crippen molar-refractivity contribution < 1.29 is 20.1 Å². The molecule has 4 saturated carbocycles. The number of aliphatic hydroxyl groups is 2. The molecule has 4 rings (SSSR count). The first kappa shape index (κ1) is 16.8. The summed E-state index contributed by atoms with van der Waals surface area (Å²) in [4.78, 5) is 11.8. The maximum absolute atomic E-state index is 11.8. The van der Waals surface area contributed by atoms with Gasteiger partial charge in [0.25, 0.3) is 0 Å². The van der Waals surface area contributed by atoms with Gasteiger partial charge >= 0.3 is 5.97 Å². The molecular weight excluding hydrogens is 304 g/mol. The van der Waals surface area contributed by atoms with E-state index in [1.807, 2.05) is 6.92 Å². The predicted octanol–water partition coefficient (Wildman–Crippen LogP) is 3.06. The maximum atomic E-state index is 11.8. The number of fused-ring (bicyclic) bond motifs is 5. The van der Waals surface area contributed by atoms with Crippen molar-refractivity contribution in [3.63, 3.8) is 0 Å². The zero-order valence-corrected chi connectivity index (χ0v) is 14.9. The van der Waals surface area contributed by atoms with Gasteiger partial charge in [-0.05, 0) is 80.5 Å². The lowest BCUT2D eigenvalue weighted by molar-refractivity contribution is -0.180. The summed E-state index contributed by atoms with van der Waals surface area (Å²) in [6.07, 6.45) is 6.93. The van der Waals surface area contributed by atoms with Crippen molar-refractivity contribution in [1.29, 1.82) is 0 Å². The SMILES string of the molecule is C[C@]12CC[C@@H](O)C[C@@H]1CC[C@H]1[C@H]2C[C@@H](O)[C@@]2(C)[C@@H]1CC[C@H]2C(=O)O. The molecule has 0 saturated heterocycles. The molecule has 4 heteroatoms. The van der Waals surface area contributed by atoms with Gasteiger partial charge in [-0.15, -0.1) is 0 Å². The molecule has 0 spiro atoms. The Morgan fingerprint density at radius 3 is 2.42 bits per heavy atom. The van der Waals surface area contributed by atoms with Gasteiger partial charge in [-0.2, -0.15) is 0 Å². The van der Waals surface area contributed by atoms with E-state index in [0.29, 0.717) is 23.7 Å². The van der Waals surface area contributed by atoms with Crippen molar-refractivity contribution in [3.8, 4) is 0 Å². The average Bonchev–Trinajstić information content (AvgIpc) is 2.88. The number of aliphatic carboxylic acids is 1. The largest absolute Gasteiger partial charge is 0.481 e. The minimum atomic E-state index is -0.724. The minimum Gasteiger partial charge on any atom is -0.481 e. The first-order valence-corrected chi connectivity index (χ1v) is 9.87. The summed E-state index contributed by atoms with van der Waals surface area (Å²) in [5.74, 6) is 0.840. The Morgan fingerprint density at radius 1 is 0.958 bits per heavy atom. The Bertz CT molecular complexity index is 534.